The number of carbonyl (C=O) groups is 1. The number of nitro benzene ring substituents is 1. The molecule has 1 aromatic rings. The fraction of sp³-hybridized carbons (Fsp3) is 0.526. The van der Waals surface area contributed by atoms with Crippen LogP contribution in [0.5, 0.6) is 0 Å². The van der Waals surface area contributed by atoms with Crippen molar-refractivity contribution in [2.45, 2.75) is 46.1 Å². The van der Waals surface area contributed by atoms with Gasteiger partial charge in [-0.15, -0.1) is 0 Å². The third-order valence-corrected chi connectivity index (χ3v) is 4.89. The molecule has 1 aromatic carbocycles. The van der Waals surface area contributed by atoms with Crippen LogP contribution < -0.4 is 0 Å². The van der Waals surface area contributed by atoms with Gasteiger partial charge in [-0.2, -0.15) is 0 Å². The van der Waals surface area contributed by atoms with Gasteiger partial charge < -0.3 is 4.74 Å². The van der Waals surface area contributed by atoms with Gasteiger partial charge in [-0.3, -0.25) is 14.9 Å². The van der Waals surface area contributed by atoms with Gasteiger partial charge in [0.1, 0.15) is 5.60 Å². The second kappa shape index (κ2) is 7.26. The molecule has 0 aromatic heterocycles. The van der Waals surface area contributed by atoms with E-state index in [9.17, 15) is 14.9 Å². The zero-order chi connectivity index (χ0) is 17.9. The monoisotopic (exact) mass is 331 g/mol. The number of nitro groups is 1. The molecule has 0 aliphatic heterocycles. The molecule has 0 radical (unpaired) electrons. The lowest BCUT2D eigenvalue weighted by Crippen LogP contribution is -2.51. The van der Waals surface area contributed by atoms with Gasteiger partial charge in [0.15, 0.2) is 5.78 Å². The van der Waals surface area contributed by atoms with Crippen LogP contribution in [-0.2, 0) is 9.53 Å². The fourth-order valence-corrected chi connectivity index (χ4v) is 3.36. The van der Waals surface area contributed by atoms with E-state index in [1.54, 1.807) is 12.1 Å². The van der Waals surface area contributed by atoms with E-state index in [4.69, 9.17) is 4.74 Å². The minimum Gasteiger partial charge on any atom is -0.367 e. The molecule has 1 saturated carbocycles. The molecule has 1 aliphatic carbocycles. The van der Waals surface area contributed by atoms with Gasteiger partial charge in [0, 0.05) is 24.3 Å². The fourth-order valence-electron chi connectivity index (χ4n) is 3.36. The molecule has 5 heteroatoms. The maximum atomic E-state index is 13.2. The highest BCUT2D eigenvalue weighted by Gasteiger charge is 2.47. The minimum atomic E-state index is -0.756. The number of Topliss-reactive ketones (excluding diaryl/α,β-unsaturated/α-hetero) is 1. The quantitative estimate of drug-likeness (QED) is 0.455. The highest BCUT2D eigenvalue weighted by atomic mass is 16.6. The van der Waals surface area contributed by atoms with Gasteiger partial charge in [0.2, 0.25) is 0 Å². The minimum absolute atomic E-state index is 0.0472. The number of hydrogen-bond donors (Lipinski definition) is 0. The molecular formula is C19H25NO4. The van der Waals surface area contributed by atoms with Crippen LogP contribution in [0.15, 0.2) is 29.8 Å². The molecule has 5 nitrogen and oxygen atoms in total. The molecule has 0 saturated heterocycles. The molecule has 1 fully saturated rings. The summed E-state index contributed by atoms with van der Waals surface area (Å²) in [5.74, 6) is 0.300. The Hall–Kier alpha value is -2.01. The van der Waals surface area contributed by atoms with Crippen LogP contribution in [0.25, 0.3) is 6.08 Å². The Balaban J connectivity index is 2.39. The molecule has 0 N–H and O–H groups in total. The first-order valence-corrected chi connectivity index (χ1v) is 8.46. The van der Waals surface area contributed by atoms with Crippen LogP contribution in [0.1, 0.15) is 46.1 Å². The summed E-state index contributed by atoms with van der Waals surface area (Å²) in [4.78, 5) is 23.5. The SMILES string of the molecule is CCO[C@]1(C(C)C)CC[C@H](C)/C(=C/c2ccc([N+](=O)[O-])cc2)C1=O. The molecule has 2 rings (SSSR count). The summed E-state index contributed by atoms with van der Waals surface area (Å²) in [6.07, 6.45) is 3.48. The summed E-state index contributed by atoms with van der Waals surface area (Å²) in [5.41, 5.74) is 0.837. The Morgan fingerprint density at radius 3 is 2.50 bits per heavy atom. The van der Waals surface area contributed by atoms with Crippen molar-refractivity contribution in [1.82, 2.24) is 0 Å². The van der Waals surface area contributed by atoms with Crippen molar-refractivity contribution in [3.8, 4) is 0 Å². The molecule has 0 spiro atoms. The van der Waals surface area contributed by atoms with Gasteiger partial charge in [-0.05, 0) is 55.4 Å². The molecule has 2 atom stereocenters. The Labute approximate surface area is 142 Å². The summed E-state index contributed by atoms with van der Waals surface area (Å²) in [6.45, 7) is 8.50. The highest BCUT2D eigenvalue weighted by Crippen LogP contribution is 2.41. The largest absolute Gasteiger partial charge is 0.367 e. The van der Waals surface area contributed by atoms with Crippen molar-refractivity contribution < 1.29 is 14.5 Å². The van der Waals surface area contributed by atoms with Crippen molar-refractivity contribution >= 4 is 17.5 Å². The molecule has 0 amide bonds. The summed E-state index contributed by atoms with van der Waals surface area (Å²) in [5, 5.41) is 10.8. The Morgan fingerprint density at radius 1 is 1.38 bits per heavy atom. The Kier molecular flexibility index (Phi) is 5.54. The summed E-state index contributed by atoms with van der Waals surface area (Å²) < 4.78 is 5.93. The van der Waals surface area contributed by atoms with E-state index in [-0.39, 0.29) is 23.3 Å². The number of hydrogen-bond acceptors (Lipinski definition) is 4. The number of rotatable bonds is 5. The predicted octanol–water partition coefficient (Wildman–Crippen LogP) is 4.41. The molecule has 1 aliphatic rings. The lowest BCUT2D eigenvalue weighted by Gasteiger charge is -2.42. The maximum Gasteiger partial charge on any atom is 0.269 e. The maximum absolute atomic E-state index is 13.2. The van der Waals surface area contributed by atoms with Gasteiger partial charge >= 0.3 is 0 Å². The average Bonchev–Trinajstić information content (AvgIpc) is 2.54. The molecule has 130 valence electrons. The van der Waals surface area contributed by atoms with Crippen LogP contribution in [-0.4, -0.2) is 22.9 Å². The van der Waals surface area contributed by atoms with Crippen LogP contribution in [0.3, 0.4) is 0 Å². The average molecular weight is 331 g/mol. The van der Waals surface area contributed by atoms with Gasteiger partial charge in [0.25, 0.3) is 5.69 Å². The summed E-state index contributed by atoms with van der Waals surface area (Å²) >= 11 is 0. The molecular weight excluding hydrogens is 306 g/mol. The van der Waals surface area contributed by atoms with Crippen molar-refractivity contribution in [1.29, 1.82) is 0 Å². The first kappa shape index (κ1) is 18.3. The van der Waals surface area contributed by atoms with Gasteiger partial charge in [-0.1, -0.05) is 20.8 Å². The Morgan fingerprint density at radius 2 is 2.00 bits per heavy atom. The van der Waals surface area contributed by atoms with Gasteiger partial charge in [-0.25, -0.2) is 0 Å². The van der Waals surface area contributed by atoms with Crippen LogP contribution >= 0.6 is 0 Å². The first-order chi connectivity index (χ1) is 11.3. The number of ketones is 1. The van der Waals surface area contributed by atoms with Crippen molar-refractivity contribution in [3.63, 3.8) is 0 Å². The summed E-state index contributed by atoms with van der Waals surface area (Å²) in [7, 11) is 0. The van der Waals surface area contributed by atoms with Crippen molar-refractivity contribution in [2.24, 2.45) is 11.8 Å². The van der Waals surface area contributed by atoms with E-state index < -0.39 is 10.5 Å². The van der Waals surface area contributed by atoms with E-state index >= 15 is 0 Å². The second-order valence-corrected chi connectivity index (χ2v) is 6.69. The van der Waals surface area contributed by atoms with Crippen LogP contribution in [0.4, 0.5) is 5.69 Å². The number of carbonyl (C=O) groups excluding carboxylic acids is 1. The van der Waals surface area contributed by atoms with Crippen LogP contribution in [0, 0.1) is 22.0 Å². The van der Waals surface area contributed by atoms with Gasteiger partial charge in [0.05, 0.1) is 4.92 Å². The zero-order valence-electron chi connectivity index (χ0n) is 14.7. The standard InChI is InChI=1S/C19H25NO4/c1-5-24-19(13(2)3)11-10-14(4)17(18(19)21)12-15-6-8-16(9-7-15)20(22)23/h6-9,12-14H,5,10-11H2,1-4H3/b17-12-/t14-,19-/m0/s1. The predicted molar refractivity (Wildman–Crippen MR) is 93.7 cm³/mol. The third kappa shape index (κ3) is 3.41. The molecule has 24 heavy (non-hydrogen) atoms. The van der Waals surface area contributed by atoms with Crippen LogP contribution in [0.2, 0.25) is 0 Å². The van der Waals surface area contributed by atoms with E-state index in [0.717, 1.165) is 24.0 Å². The van der Waals surface area contributed by atoms with E-state index in [1.165, 1.54) is 12.1 Å². The van der Waals surface area contributed by atoms with Crippen molar-refractivity contribution in [3.05, 3.63) is 45.5 Å². The second-order valence-electron chi connectivity index (χ2n) is 6.69. The highest BCUT2D eigenvalue weighted by molar-refractivity contribution is 6.06. The number of benzene rings is 1. The number of ether oxygens (including phenoxy) is 1. The van der Waals surface area contributed by atoms with E-state index in [0.29, 0.717) is 6.61 Å². The van der Waals surface area contributed by atoms with E-state index in [1.807, 2.05) is 33.8 Å². The smallest absolute Gasteiger partial charge is 0.269 e. The molecule has 0 heterocycles. The van der Waals surface area contributed by atoms with E-state index in [2.05, 4.69) is 0 Å². The third-order valence-electron chi connectivity index (χ3n) is 4.89. The summed E-state index contributed by atoms with van der Waals surface area (Å²) in [6, 6.07) is 6.28. The lowest BCUT2D eigenvalue weighted by molar-refractivity contribution is -0.384. The molecule has 0 unspecified atom stereocenters. The first-order valence-electron chi connectivity index (χ1n) is 8.46. The van der Waals surface area contributed by atoms with Crippen molar-refractivity contribution in [2.75, 3.05) is 6.61 Å². The lowest BCUT2D eigenvalue weighted by atomic mass is 9.69. The number of non-ortho nitro benzene ring substituents is 1. The normalized spacial score (nSPS) is 26.1. The Bertz CT molecular complexity index is 648. The topological polar surface area (TPSA) is 69.4 Å². The number of nitrogens with zero attached hydrogens (tertiary/aromatic N) is 1. The molecule has 0 bridgehead atoms. The zero-order valence-corrected chi connectivity index (χ0v) is 14.7.